The highest BCUT2D eigenvalue weighted by molar-refractivity contribution is 7.56. The number of rotatable bonds is 2. The monoisotopic (exact) mass is 288 g/mol. The zero-order valence-electron chi connectivity index (χ0n) is 11.3. The molecule has 2 aromatic heterocycles. The molecule has 4 aromatic rings. The van der Waals surface area contributed by atoms with Crippen molar-refractivity contribution in [1.29, 1.82) is 0 Å². The average molecular weight is 288 g/mol. The van der Waals surface area contributed by atoms with Crippen LogP contribution in [0, 0.1) is 0 Å². The number of fused-ring (bicyclic) bond motifs is 2. The van der Waals surface area contributed by atoms with Gasteiger partial charge in [-0.05, 0) is 12.1 Å². The molecule has 0 atom stereocenters. The van der Waals surface area contributed by atoms with Gasteiger partial charge in [0, 0.05) is 33.8 Å². The summed E-state index contributed by atoms with van der Waals surface area (Å²) in [6.45, 7) is 0. The van der Waals surface area contributed by atoms with Crippen molar-refractivity contribution in [2.24, 2.45) is 0 Å². The fraction of sp³-hybridized carbons (Fsp3) is 0. The van der Waals surface area contributed by atoms with Crippen LogP contribution < -0.4 is 10.6 Å². The first kappa shape index (κ1) is 12.4. The predicted octanol–water partition coefficient (Wildman–Crippen LogP) is 3.41. The second-order valence-electron chi connectivity index (χ2n) is 4.89. The summed E-state index contributed by atoms with van der Waals surface area (Å²) in [5, 5.41) is 4.92. The summed E-state index contributed by atoms with van der Waals surface area (Å²) in [5.41, 5.74) is 2.18. The molecule has 0 fully saturated rings. The van der Waals surface area contributed by atoms with Crippen LogP contribution in [0.25, 0.3) is 21.8 Å². The van der Waals surface area contributed by atoms with E-state index in [9.17, 15) is 0 Å². The predicted molar refractivity (Wildman–Crippen MR) is 91.1 cm³/mol. The van der Waals surface area contributed by atoms with Gasteiger partial charge in [0.25, 0.3) is 0 Å². The molecule has 0 saturated heterocycles. The van der Waals surface area contributed by atoms with Gasteiger partial charge in [0.05, 0.1) is 11.0 Å². The Labute approximate surface area is 124 Å². The van der Waals surface area contributed by atoms with Gasteiger partial charge in [-0.25, -0.2) is 0 Å². The van der Waals surface area contributed by atoms with E-state index in [2.05, 4.69) is 58.5 Å². The number of hydrogen-bond acceptors (Lipinski definition) is 2. The number of aromatic nitrogens is 2. The quantitative estimate of drug-likeness (QED) is 0.528. The molecule has 0 aliphatic heterocycles. The standard InChI is InChI=1S/C18H13N2P/c1-5-13-7-3-11-19-17(13)15(9-1)21-16-10-2-6-14-8-4-12-20-18(14)16/h1-12,21H. The molecule has 0 saturated carbocycles. The maximum absolute atomic E-state index is 4.54. The summed E-state index contributed by atoms with van der Waals surface area (Å²) in [5.74, 6) is 0. The van der Waals surface area contributed by atoms with Crippen LogP contribution in [0.5, 0.6) is 0 Å². The molecule has 2 heterocycles. The van der Waals surface area contributed by atoms with Crippen LogP contribution in [0.1, 0.15) is 0 Å². The molecule has 2 nitrogen and oxygen atoms in total. The third-order valence-corrected chi connectivity index (χ3v) is 4.88. The summed E-state index contributed by atoms with van der Waals surface area (Å²) >= 11 is 0. The Balaban J connectivity index is 1.87. The first-order chi connectivity index (χ1) is 10.4. The summed E-state index contributed by atoms with van der Waals surface area (Å²) < 4.78 is 0. The topological polar surface area (TPSA) is 25.8 Å². The Morgan fingerprint density at radius 2 is 1.05 bits per heavy atom. The van der Waals surface area contributed by atoms with Crippen molar-refractivity contribution in [3.63, 3.8) is 0 Å². The average Bonchev–Trinajstić information content (AvgIpc) is 2.56. The first-order valence-corrected chi connectivity index (χ1v) is 7.86. The lowest BCUT2D eigenvalue weighted by atomic mass is 10.2. The molecule has 0 radical (unpaired) electrons. The Morgan fingerprint density at radius 1 is 0.571 bits per heavy atom. The van der Waals surface area contributed by atoms with E-state index in [0.717, 1.165) is 11.0 Å². The molecule has 0 bridgehead atoms. The van der Waals surface area contributed by atoms with Gasteiger partial charge in [0.2, 0.25) is 0 Å². The minimum Gasteiger partial charge on any atom is -0.256 e. The van der Waals surface area contributed by atoms with Crippen molar-refractivity contribution in [3.8, 4) is 0 Å². The maximum atomic E-state index is 4.54. The largest absolute Gasteiger partial charge is 0.256 e. The van der Waals surface area contributed by atoms with E-state index in [1.807, 2.05) is 24.5 Å². The summed E-state index contributed by atoms with van der Waals surface area (Å²) in [4.78, 5) is 9.09. The van der Waals surface area contributed by atoms with Crippen LogP contribution in [0.15, 0.2) is 73.1 Å². The van der Waals surface area contributed by atoms with Crippen molar-refractivity contribution < 1.29 is 0 Å². The Bertz CT molecular complexity index is 846. The van der Waals surface area contributed by atoms with Gasteiger partial charge < -0.3 is 0 Å². The van der Waals surface area contributed by atoms with Crippen molar-refractivity contribution in [3.05, 3.63) is 73.1 Å². The van der Waals surface area contributed by atoms with E-state index in [1.54, 1.807) is 0 Å². The number of hydrogen-bond donors (Lipinski definition) is 0. The van der Waals surface area contributed by atoms with Gasteiger partial charge in [0.15, 0.2) is 0 Å². The Morgan fingerprint density at radius 3 is 1.57 bits per heavy atom. The van der Waals surface area contributed by atoms with Gasteiger partial charge in [0.1, 0.15) is 0 Å². The fourth-order valence-corrected chi connectivity index (χ4v) is 3.86. The molecule has 0 aliphatic rings. The minimum absolute atomic E-state index is 0.559. The minimum atomic E-state index is 0.559. The molecule has 0 spiro atoms. The zero-order valence-corrected chi connectivity index (χ0v) is 12.3. The van der Waals surface area contributed by atoms with E-state index in [0.29, 0.717) is 8.58 Å². The number of para-hydroxylation sites is 2. The van der Waals surface area contributed by atoms with Crippen LogP contribution in [0.4, 0.5) is 0 Å². The molecular formula is C18H13N2P. The van der Waals surface area contributed by atoms with Gasteiger partial charge in [-0.1, -0.05) is 57.1 Å². The van der Waals surface area contributed by atoms with Gasteiger partial charge in [-0.2, -0.15) is 0 Å². The van der Waals surface area contributed by atoms with Crippen molar-refractivity contribution in [2.45, 2.75) is 0 Å². The molecular weight excluding hydrogens is 275 g/mol. The third-order valence-electron chi connectivity index (χ3n) is 3.53. The Kier molecular flexibility index (Phi) is 3.10. The highest BCUT2D eigenvalue weighted by Crippen LogP contribution is 2.21. The van der Waals surface area contributed by atoms with Crippen molar-refractivity contribution in [1.82, 2.24) is 9.97 Å². The normalized spacial score (nSPS) is 11.0. The van der Waals surface area contributed by atoms with E-state index in [4.69, 9.17) is 0 Å². The second-order valence-corrected chi connectivity index (χ2v) is 6.21. The fourth-order valence-electron chi connectivity index (χ4n) is 2.56. The molecule has 4 rings (SSSR count). The van der Waals surface area contributed by atoms with Crippen LogP contribution in [0.3, 0.4) is 0 Å². The summed E-state index contributed by atoms with van der Waals surface area (Å²) in [7, 11) is 0.559. The molecule has 3 heteroatoms. The second kappa shape index (κ2) is 5.23. The summed E-state index contributed by atoms with van der Waals surface area (Å²) in [6.07, 6.45) is 3.72. The van der Waals surface area contributed by atoms with Crippen molar-refractivity contribution in [2.75, 3.05) is 0 Å². The van der Waals surface area contributed by atoms with Gasteiger partial charge in [-0.3, -0.25) is 9.97 Å². The molecule has 0 N–H and O–H groups in total. The lowest BCUT2D eigenvalue weighted by Crippen LogP contribution is -2.07. The highest BCUT2D eigenvalue weighted by atomic mass is 31.1. The molecule has 100 valence electrons. The van der Waals surface area contributed by atoms with E-state index >= 15 is 0 Å². The van der Waals surface area contributed by atoms with E-state index in [1.165, 1.54) is 21.4 Å². The van der Waals surface area contributed by atoms with E-state index < -0.39 is 0 Å². The van der Waals surface area contributed by atoms with E-state index in [-0.39, 0.29) is 0 Å². The zero-order chi connectivity index (χ0) is 14.1. The number of nitrogens with zero attached hydrogens (tertiary/aromatic N) is 2. The summed E-state index contributed by atoms with van der Waals surface area (Å²) in [6, 6.07) is 20.9. The molecule has 0 amide bonds. The lowest BCUT2D eigenvalue weighted by molar-refractivity contribution is 1.42. The SMILES string of the molecule is c1cnc2c(Pc3cccc4cccnc34)cccc2c1. The maximum Gasteiger partial charge on any atom is 0.0779 e. The van der Waals surface area contributed by atoms with Crippen LogP contribution in [0.2, 0.25) is 0 Å². The molecule has 0 unspecified atom stereocenters. The van der Waals surface area contributed by atoms with Crippen LogP contribution in [-0.2, 0) is 0 Å². The number of benzene rings is 2. The van der Waals surface area contributed by atoms with Crippen LogP contribution in [-0.4, -0.2) is 9.97 Å². The molecule has 2 aromatic carbocycles. The van der Waals surface area contributed by atoms with Crippen LogP contribution >= 0.6 is 8.58 Å². The third kappa shape index (κ3) is 2.28. The van der Waals surface area contributed by atoms with Gasteiger partial charge in [-0.15, -0.1) is 0 Å². The molecule has 21 heavy (non-hydrogen) atoms. The van der Waals surface area contributed by atoms with Gasteiger partial charge >= 0.3 is 0 Å². The number of pyridine rings is 2. The molecule has 0 aliphatic carbocycles. The Hall–Kier alpha value is -2.31. The first-order valence-electron chi connectivity index (χ1n) is 6.86. The lowest BCUT2D eigenvalue weighted by Gasteiger charge is -2.08. The smallest absolute Gasteiger partial charge is 0.0779 e. The van der Waals surface area contributed by atoms with Crippen molar-refractivity contribution >= 4 is 41.0 Å². The highest BCUT2D eigenvalue weighted by Gasteiger charge is 2.06.